The molecule has 0 heterocycles. The van der Waals surface area contributed by atoms with Crippen molar-refractivity contribution < 1.29 is 19.9 Å². The normalized spacial score (nSPS) is 12.1. The van der Waals surface area contributed by atoms with Crippen molar-refractivity contribution in [2.45, 2.75) is 19.4 Å². The van der Waals surface area contributed by atoms with Gasteiger partial charge in [0.1, 0.15) is 0 Å². The van der Waals surface area contributed by atoms with Crippen molar-refractivity contribution in [3.8, 4) is 0 Å². The van der Waals surface area contributed by atoms with Crippen LogP contribution < -0.4 is 0 Å². The van der Waals surface area contributed by atoms with Crippen LogP contribution in [0.4, 0.5) is 5.69 Å². The van der Waals surface area contributed by atoms with Gasteiger partial charge in [0.25, 0.3) is 5.69 Å². The largest absolute Gasteiger partial charge is 0.481 e. The van der Waals surface area contributed by atoms with Gasteiger partial charge < -0.3 is 10.2 Å². The van der Waals surface area contributed by atoms with Gasteiger partial charge in [-0.15, -0.1) is 0 Å². The van der Waals surface area contributed by atoms with Crippen LogP contribution >= 0.6 is 0 Å². The minimum Gasteiger partial charge on any atom is -0.481 e. The molecule has 0 aliphatic heterocycles. The van der Waals surface area contributed by atoms with Crippen molar-refractivity contribution in [3.63, 3.8) is 0 Å². The predicted octanol–water partition coefficient (Wildman–Crippen LogP) is 1.41. The fourth-order valence-electron chi connectivity index (χ4n) is 1.37. The molecule has 0 fully saturated rings. The molecule has 1 atom stereocenters. The third kappa shape index (κ3) is 2.77. The fourth-order valence-corrected chi connectivity index (χ4v) is 1.37. The number of aliphatic hydroxyl groups is 1. The number of aliphatic carboxylic acids is 1. The second-order valence-electron chi connectivity index (χ2n) is 3.42. The highest BCUT2D eigenvalue weighted by Crippen LogP contribution is 2.24. The summed E-state index contributed by atoms with van der Waals surface area (Å²) in [6, 6.07) is 4.04. The molecule has 6 nitrogen and oxygen atoms in total. The molecule has 16 heavy (non-hydrogen) atoms. The second kappa shape index (κ2) is 4.71. The van der Waals surface area contributed by atoms with E-state index in [4.69, 9.17) is 5.11 Å². The summed E-state index contributed by atoms with van der Waals surface area (Å²) in [5.41, 5.74) is 0.712. The van der Waals surface area contributed by atoms with Crippen LogP contribution in [0.25, 0.3) is 0 Å². The van der Waals surface area contributed by atoms with E-state index in [1.54, 1.807) is 0 Å². The SMILES string of the molecule is Cc1cc([C@@H](O)CC(=O)O)ccc1[N+](=O)[O-]. The zero-order valence-corrected chi connectivity index (χ0v) is 8.58. The number of rotatable bonds is 4. The highest BCUT2D eigenvalue weighted by molar-refractivity contribution is 5.67. The van der Waals surface area contributed by atoms with Crippen molar-refractivity contribution in [1.29, 1.82) is 0 Å². The van der Waals surface area contributed by atoms with Crippen LogP contribution in [-0.4, -0.2) is 21.1 Å². The number of benzene rings is 1. The summed E-state index contributed by atoms with van der Waals surface area (Å²) in [5, 5.41) is 28.5. The van der Waals surface area contributed by atoms with Crippen molar-refractivity contribution in [1.82, 2.24) is 0 Å². The minimum atomic E-state index is -1.14. The van der Waals surface area contributed by atoms with Gasteiger partial charge in [0.05, 0.1) is 17.4 Å². The molecule has 1 aromatic rings. The Bertz CT molecular complexity index is 429. The summed E-state index contributed by atoms with van der Waals surface area (Å²) in [6.45, 7) is 1.54. The monoisotopic (exact) mass is 225 g/mol. The van der Waals surface area contributed by atoms with Crippen molar-refractivity contribution in [2.75, 3.05) is 0 Å². The van der Waals surface area contributed by atoms with Gasteiger partial charge in [0.15, 0.2) is 0 Å². The number of hydrogen-bond donors (Lipinski definition) is 2. The van der Waals surface area contributed by atoms with Gasteiger partial charge >= 0.3 is 5.97 Å². The maximum Gasteiger partial charge on any atom is 0.306 e. The van der Waals surface area contributed by atoms with E-state index in [0.717, 1.165) is 0 Å². The molecular formula is C10H11NO5. The van der Waals surface area contributed by atoms with E-state index in [0.29, 0.717) is 11.1 Å². The van der Waals surface area contributed by atoms with Crippen molar-refractivity contribution >= 4 is 11.7 Å². The molecule has 0 bridgehead atoms. The van der Waals surface area contributed by atoms with Crippen LogP contribution in [-0.2, 0) is 4.79 Å². The zero-order valence-electron chi connectivity index (χ0n) is 8.58. The van der Waals surface area contributed by atoms with E-state index in [1.165, 1.54) is 25.1 Å². The molecule has 0 radical (unpaired) electrons. The number of nitro groups is 1. The highest BCUT2D eigenvalue weighted by atomic mass is 16.6. The Morgan fingerprint density at radius 3 is 2.62 bits per heavy atom. The number of aliphatic hydroxyl groups excluding tert-OH is 1. The Morgan fingerprint density at radius 2 is 2.19 bits per heavy atom. The minimum absolute atomic E-state index is 0.0497. The molecule has 0 saturated heterocycles. The average Bonchev–Trinajstić information content (AvgIpc) is 2.15. The topological polar surface area (TPSA) is 101 Å². The third-order valence-electron chi connectivity index (χ3n) is 2.17. The Kier molecular flexibility index (Phi) is 3.57. The maximum absolute atomic E-state index is 10.5. The molecule has 6 heteroatoms. The van der Waals surface area contributed by atoms with Crippen LogP contribution in [0.3, 0.4) is 0 Å². The lowest BCUT2D eigenvalue weighted by Gasteiger charge is -2.08. The predicted molar refractivity (Wildman–Crippen MR) is 55.0 cm³/mol. The van der Waals surface area contributed by atoms with Gasteiger partial charge in [-0.2, -0.15) is 0 Å². The number of aryl methyl sites for hydroxylation is 1. The summed E-state index contributed by atoms with van der Waals surface area (Å²) >= 11 is 0. The molecule has 86 valence electrons. The van der Waals surface area contributed by atoms with Crippen LogP contribution in [0.5, 0.6) is 0 Å². The van der Waals surface area contributed by atoms with E-state index >= 15 is 0 Å². The number of nitro benzene ring substituents is 1. The number of nitrogens with zero attached hydrogens (tertiary/aromatic N) is 1. The molecule has 0 aliphatic carbocycles. The summed E-state index contributed by atoms with van der Waals surface area (Å²) in [7, 11) is 0. The summed E-state index contributed by atoms with van der Waals surface area (Å²) in [4.78, 5) is 20.4. The summed E-state index contributed by atoms with van der Waals surface area (Å²) in [6.07, 6.45) is -1.56. The highest BCUT2D eigenvalue weighted by Gasteiger charge is 2.16. The summed E-state index contributed by atoms with van der Waals surface area (Å²) in [5.74, 6) is -1.12. The summed E-state index contributed by atoms with van der Waals surface area (Å²) < 4.78 is 0. The molecule has 1 rings (SSSR count). The van der Waals surface area contributed by atoms with Crippen LogP contribution in [0.2, 0.25) is 0 Å². The van der Waals surface area contributed by atoms with E-state index in [-0.39, 0.29) is 5.69 Å². The second-order valence-corrected chi connectivity index (χ2v) is 3.42. The molecule has 1 aromatic carbocycles. The smallest absolute Gasteiger partial charge is 0.306 e. The van der Waals surface area contributed by atoms with Crippen LogP contribution in [0.1, 0.15) is 23.7 Å². The molecule has 2 N–H and O–H groups in total. The third-order valence-corrected chi connectivity index (χ3v) is 2.17. The first kappa shape index (κ1) is 12.1. The Morgan fingerprint density at radius 1 is 1.56 bits per heavy atom. The average molecular weight is 225 g/mol. The van der Waals surface area contributed by atoms with Gasteiger partial charge in [0, 0.05) is 11.6 Å². The number of carboxylic acids is 1. The fraction of sp³-hybridized carbons (Fsp3) is 0.300. The lowest BCUT2D eigenvalue weighted by Crippen LogP contribution is -2.06. The van der Waals surface area contributed by atoms with Gasteiger partial charge in [-0.05, 0) is 24.6 Å². The van der Waals surface area contributed by atoms with E-state index < -0.39 is 23.4 Å². The quantitative estimate of drug-likeness (QED) is 0.596. The number of carbonyl (C=O) groups is 1. The van der Waals surface area contributed by atoms with Crippen LogP contribution in [0, 0.1) is 17.0 Å². The number of carboxylic acid groups (broad SMARTS) is 1. The standard InChI is InChI=1S/C10H11NO5/c1-6-4-7(9(12)5-10(13)14)2-3-8(6)11(15)16/h2-4,9,12H,5H2,1H3,(H,13,14)/t9-/m0/s1. The van der Waals surface area contributed by atoms with E-state index in [1.807, 2.05) is 0 Å². The number of hydrogen-bond acceptors (Lipinski definition) is 4. The van der Waals surface area contributed by atoms with Gasteiger partial charge in [0.2, 0.25) is 0 Å². The molecule has 0 spiro atoms. The molecule has 0 amide bonds. The van der Waals surface area contributed by atoms with Gasteiger partial charge in [-0.1, -0.05) is 0 Å². The van der Waals surface area contributed by atoms with Gasteiger partial charge in [-0.25, -0.2) is 0 Å². The Balaban J connectivity index is 2.96. The van der Waals surface area contributed by atoms with Crippen LogP contribution in [0.15, 0.2) is 18.2 Å². The lowest BCUT2D eigenvalue weighted by molar-refractivity contribution is -0.385. The first-order valence-electron chi connectivity index (χ1n) is 4.56. The first-order chi connectivity index (χ1) is 7.41. The molecule has 0 unspecified atom stereocenters. The maximum atomic E-state index is 10.5. The lowest BCUT2D eigenvalue weighted by atomic mass is 10.0. The molecular weight excluding hydrogens is 214 g/mol. The Labute approximate surface area is 91.3 Å². The molecule has 0 aliphatic rings. The Hall–Kier alpha value is -1.95. The first-order valence-corrected chi connectivity index (χ1v) is 4.56. The zero-order chi connectivity index (χ0) is 12.3. The van der Waals surface area contributed by atoms with E-state index in [9.17, 15) is 20.0 Å². The van der Waals surface area contributed by atoms with Crippen molar-refractivity contribution in [3.05, 3.63) is 39.4 Å². The van der Waals surface area contributed by atoms with Gasteiger partial charge in [-0.3, -0.25) is 14.9 Å². The molecule has 0 aromatic heterocycles. The van der Waals surface area contributed by atoms with E-state index in [2.05, 4.69) is 0 Å². The van der Waals surface area contributed by atoms with Crippen molar-refractivity contribution in [2.24, 2.45) is 0 Å². The molecule has 0 saturated carbocycles.